The summed E-state index contributed by atoms with van der Waals surface area (Å²) in [4.78, 5) is 23.4. The first kappa shape index (κ1) is 17.5. The summed E-state index contributed by atoms with van der Waals surface area (Å²) in [6.45, 7) is -0.953. The lowest BCUT2D eigenvalue weighted by Crippen LogP contribution is -2.28. The van der Waals surface area contributed by atoms with Gasteiger partial charge in [-0.2, -0.15) is 0 Å². The lowest BCUT2D eigenvalue weighted by Gasteiger charge is -2.12. The van der Waals surface area contributed by atoms with Gasteiger partial charge in [-0.15, -0.1) is 35.0 Å². The fourth-order valence-electron chi connectivity index (χ4n) is 1.95. The van der Waals surface area contributed by atoms with Gasteiger partial charge in [-0.25, -0.2) is 13.2 Å². The molecule has 3 atom stereocenters. The number of carbonyl (C=O) groups is 1. The fraction of sp³-hybridized carbons (Fsp3) is 0.500. The van der Waals surface area contributed by atoms with Gasteiger partial charge in [-0.3, -0.25) is 9.59 Å². The van der Waals surface area contributed by atoms with Crippen LogP contribution >= 0.6 is 35.0 Å². The standard InChI is InChI=1S/C12H11Cl2F3N2O2S/c13-6-2-8(22-10(6)14)11(20)18-5-1-7(15)12(21)19(3-5)4-9(16)17/h1,3,6,8-10H,2,4H2,(H,18,20). The van der Waals surface area contributed by atoms with E-state index in [1.807, 2.05) is 0 Å². The van der Waals surface area contributed by atoms with Gasteiger partial charge in [-0.1, -0.05) is 0 Å². The van der Waals surface area contributed by atoms with E-state index in [0.29, 0.717) is 11.0 Å². The summed E-state index contributed by atoms with van der Waals surface area (Å²) in [5.74, 6) is -1.69. The Labute approximate surface area is 138 Å². The molecule has 1 amide bonds. The molecule has 3 unspecified atom stereocenters. The van der Waals surface area contributed by atoms with E-state index in [1.54, 1.807) is 0 Å². The van der Waals surface area contributed by atoms with Crippen molar-refractivity contribution in [3.05, 3.63) is 28.4 Å². The van der Waals surface area contributed by atoms with Gasteiger partial charge in [-0.05, 0) is 6.42 Å². The van der Waals surface area contributed by atoms with Gasteiger partial charge in [0.2, 0.25) is 5.91 Å². The molecule has 122 valence electrons. The second kappa shape index (κ2) is 7.14. The zero-order chi connectivity index (χ0) is 16.4. The number of nitrogens with one attached hydrogen (secondary N) is 1. The average Bonchev–Trinajstić information content (AvgIpc) is 2.75. The number of thioether (sulfide) groups is 1. The van der Waals surface area contributed by atoms with Gasteiger partial charge in [0.15, 0.2) is 5.82 Å². The molecule has 1 fully saturated rings. The minimum Gasteiger partial charge on any atom is -0.324 e. The predicted octanol–water partition coefficient (Wildman–Crippen LogP) is 2.87. The monoisotopic (exact) mass is 374 g/mol. The van der Waals surface area contributed by atoms with Crippen molar-refractivity contribution >= 4 is 46.6 Å². The van der Waals surface area contributed by atoms with Gasteiger partial charge in [0.05, 0.1) is 27.6 Å². The van der Waals surface area contributed by atoms with Crippen molar-refractivity contribution < 1.29 is 18.0 Å². The van der Waals surface area contributed by atoms with Crippen LogP contribution in [0.15, 0.2) is 17.1 Å². The molecule has 0 aliphatic carbocycles. The second-order valence-corrected chi connectivity index (χ2v) is 7.28. The van der Waals surface area contributed by atoms with E-state index in [4.69, 9.17) is 23.2 Å². The van der Waals surface area contributed by atoms with Gasteiger partial charge in [0.25, 0.3) is 12.0 Å². The van der Waals surface area contributed by atoms with Crippen LogP contribution in [-0.4, -0.2) is 32.2 Å². The number of carbonyl (C=O) groups excluding carboxylic acids is 1. The van der Waals surface area contributed by atoms with Crippen molar-refractivity contribution in [1.29, 1.82) is 0 Å². The molecule has 1 N–H and O–H groups in total. The molecule has 22 heavy (non-hydrogen) atoms. The Hall–Kier alpha value is -0.860. The molecule has 1 aromatic heterocycles. The van der Waals surface area contributed by atoms with Crippen molar-refractivity contribution in [2.75, 3.05) is 5.32 Å². The van der Waals surface area contributed by atoms with E-state index in [0.717, 1.165) is 24.0 Å². The Balaban J connectivity index is 2.14. The SMILES string of the molecule is O=C(Nc1cc(F)c(=O)n(CC(F)F)c1)C1CC(Cl)C(Cl)S1. The molecule has 2 heterocycles. The van der Waals surface area contributed by atoms with Crippen LogP contribution < -0.4 is 10.9 Å². The van der Waals surface area contributed by atoms with Crippen LogP contribution in [0.1, 0.15) is 6.42 Å². The molecule has 1 aliphatic rings. The normalized spacial score (nSPS) is 24.7. The molecule has 0 aromatic carbocycles. The minimum atomic E-state index is -2.82. The number of halogens is 5. The summed E-state index contributed by atoms with van der Waals surface area (Å²) in [5.41, 5.74) is -1.25. The molecule has 0 saturated carbocycles. The lowest BCUT2D eigenvalue weighted by molar-refractivity contribution is -0.115. The first-order chi connectivity index (χ1) is 10.3. The lowest BCUT2D eigenvalue weighted by atomic mass is 10.2. The van der Waals surface area contributed by atoms with E-state index in [-0.39, 0.29) is 11.1 Å². The number of anilines is 1. The molecule has 1 aromatic rings. The van der Waals surface area contributed by atoms with E-state index < -0.39 is 40.2 Å². The number of alkyl halides is 4. The third kappa shape index (κ3) is 4.11. The van der Waals surface area contributed by atoms with E-state index in [2.05, 4.69) is 5.32 Å². The maximum atomic E-state index is 13.5. The summed E-state index contributed by atoms with van der Waals surface area (Å²) in [7, 11) is 0. The average molecular weight is 375 g/mol. The largest absolute Gasteiger partial charge is 0.324 e. The van der Waals surface area contributed by atoms with Gasteiger partial charge < -0.3 is 9.88 Å². The molecular formula is C12H11Cl2F3N2O2S. The van der Waals surface area contributed by atoms with Crippen molar-refractivity contribution in [2.45, 2.75) is 34.7 Å². The highest BCUT2D eigenvalue weighted by Crippen LogP contribution is 2.39. The Kier molecular flexibility index (Phi) is 5.68. The highest BCUT2D eigenvalue weighted by Gasteiger charge is 2.36. The van der Waals surface area contributed by atoms with Crippen LogP contribution in [0, 0.1) is 5.82 Å². The summed E-state index contributed by atoms with van der Waals surface area (Å²) >= 11 is 13.0. The zero-order valence-electron chi connectivity index (χ0n) is 10.9. The molecule has 2 rings (SSSR count). The molecule has 0 radical (unpaired) electrons. The quantitative estimate of drug-likeness (QED) is 0.824. The van der Waals surface area contributed by atoms with Crippen molar-refractivity contribution in [1.82, 2.24) is 4.57 Å². The summed E-state index contributed by atoms with van der Waals surface area (Å²) in [6, 6.07) is 0.790. The first-order valence-electron chi connectivity index (χ1n) is 6.20. The molecule has 0 bridgehead atoms. The number of hydrogen-bond acceptors (Lipinski definition) is 3. The summed E-state index contributed by atoms with van der Waals surface area (Å²) < 4.78 is 38.3. The summed E-state index contributed by atoms with van der Waals surface area (Å²) in [5, 5.41) is 1.49. The Morgan fingerprint density at radius 3 is 2.73 bits per heavy atom. The minimum absolute atomic E-state index is 0.0764. The van der Waals surface area contributed by atoms with Crippen LogP contribution in [0.2, 0.25) is 0 Å². The first-order valence-corrected chi connectivity index (χ1v) is 8.02. The maximum absolute atomic E-state index is 13.5. The molecule has 1 aliphatic heterocycles. The number of nitrogens with zero attached hydrogens (tertiary/aromatic N) is 1. The maximum Gasteiger partial charge on any atom is 0.286 e. The van der Waals surface area contributed by atoms with Gasteiger partial charge >= 0.3 is 0 Å². The smallest absolute Gasteiger partial charge is 0.286 e. The number of amides is 1. The van der Waals surface area contributed by atoms with Gasteiger partial charge in [0, 0.05) is 12.3 Å². The van der Waals surface area contributed by atoms with Crippen LogP contribution in [0.4, 0.5) is 18.9 Å². The van der Waals surface area contributed by atoms with Crippen LogP contribution in [0.3, 0.4) is 0 Å². The molecule has 10 heteroatoms. The van der Waals surface area contributed by atoms with Crippen LogP contribution in [-0.2, 0) is 11.3 Å². The van der Waals surface area contributed by atoms with Crippen molar-refractivity contribution in [3.63, 3.8) is 0 Å². The molecule has 4 nitrogen and oxygen atoms in total. The van der Waals surface area contributed by atoms with E-state index in [9.17, 15) is 22.8 Å². The number of rotatable bonds is 4. The number of hydrogen-bond donors (Lipinski definition) is 1. The van der Waals surface area contributed by atoms with E-state index >= 15 is 0 Å². The van der Waals surface area contributed by atoms with Crippen LogP contribution in [0.25, 0.3) is 0 Å². The zero-order valence-corrected chi connectivity index (χ0v) is 13.3. The molecule has 1 saturated heterocycles. The Morgan fingerprint density at radius 1 is 1.50 bits per heavy atom. The molecular weight excluding hydrogens is 364 g/mol. The highest BCUT2D eigenvalue weighted by molar-refractivity contribution is 8.02. The summed E-state index contributed by atoms with van der Waals surface area (Å²) in [6.07, 6.45) is -1.50. The topological polar surface area (TPSA) is 51.1 Å². The van der Waals surface area contributed by atoms with E-state index in [1.165, 1.54) is 0 Å². The highest BCUT2D eigenvalue weighted by atomic mass is 35.5. The predicted molar refractivity (Wildman–Crippen MR) is 80.6 cm³/mol. The van der Waals surface area contributed by atoms with Crippen molar-refractivity contribution in [3.8, 4) is 0 Å². The van der Waals surface area contributed by atoms with Crippen molar-refractivity contribution in [2.24, 2.45) is 0 Å². The Bertz CT molecular complexity index is 619. The second-order valence-electron chi connectivity index (χ2n) is 4.64. The fourth-order valence-corrected chi connectivity index (χ4v) is 3.99. The Morgan fingerprint density at radius 2 is 2.18 bits per heavy atom. The number of aromatic nitrogens is 1. The third-order valence-electron chi connectivity index (χ3n) is 2.95. The van der Waals surface area contributed by atoms with Crippen LogP contribution in [0.5, 0.6) is 0 Å². The third-order valence-corrected chi connectivity index (χ3v) is 5.60. The number of pyridine rings is 1. The molecule has 0 spiro atoms. The van der Waals surface area contributed by atoms with Gasteiger partial charge in [0.1, 0.15) is 0 Å².